The van der Waals surface area contributed by atoms with E-state index in [9.17, 15) is 18.0 Å². The van der Waals surface area contributed by atoms with Crippen LogP contribution in [0, 0.1) is 0 Å². The number of hydrogen-bond donors (Lipinski definition) is 1. The molecule has 1 heterocycles. The third-order valence-corrected chi connectivity index (χ3v) is 1.24. The Morgan fingerprint density at radius 1 is 1.50 bits per heavy atom. The van der Waals surface area contributed by atoms with E-state index in [1.54, 1.807) is 0 Å². The van der Waals surface area contributed by atoms with Gasteiger partial charge >= 0.3 is 6.36 Å². The maximum absolute atomic E-state index is 11.8. The highest BCUT2D eigenvalue weighted by molar-refractivity contribution is 5.77. The van der Waals surface area contributed by atoms with Crippen LogP contribution in [0.1, 0.15) is 10.5 Å². The molecule has 1 aromatic rings. The molecule has 0 atom stereocenters. The van der Waals surface area contributed by atoms with Crippen molar-refractivity contribution < 1.29 is 22.7 Å². The molecule has 7 heteroatoms. The highest BCUT2D eigenvalue weighted by atomic mass is 19.4. The molecule has 0 bridgehead atoms. The van der Waals surface area contributed by atoms with Crippen LogP contribution in [0.2, 0.25) is 0 Å². The number of nitrogens with zero attached hydrogens (tertiary/aromatic N) is 1. The molecular weight excluding hydrogens is 201 g/mol. The van der Waals surface area contributed by atoms with Crippen LogP contribution in [0.5, 0.6) is 5.75 Å². The number of carbonyl (C=O) groups is 1. The predicted octanol–water partition coefficient (Wildman–Crippen LogP) is 1.37. The number of nitrogen functional groups attached to an aromatic ring is 1. The van der Waals surface area contributed by atoms with Crippen molar-refractivity contribution in [2.24, 2.45) is 0 Å². The Morgan fingerprint density at radius 3 is 2.64 bits per heavy atom. The topological polar surface area (TPSA) is 65.2 Å². The molecule has 0 saturated heterocycles. The number of pyridine rings is 1. The minimum atomic E-state index is -4.87. The van der Waals surface area contributed by atoms with E-state index in [2.05, 4.69) is 9.72 Å². The lowest BCUT2D eigenvalue weighted by molar-refractivity contribution is -0.274. The van der Waals surface area contributed by atoms with Gasteiger partial charge in [-0.1, -0.05) is 0 Å². The summed E-state index contributed by atoms with van der Waals surface area (Å²) in [6, 6.07) is 0.879. The number of anilines is 1. The Morgan fingerprint density at radius 2 is 2.14 bits per heavy atom. The van der Waals surface area contributed by atoms with Crippen LogP contribution >= 0.6 is 0 Å². The summed E-state index contributed by atoms with van der Waals surface area (Å²) in [6.45, 7) is 0. The Labute approximate surface area is 76.5 Å². The standard InChI is InChI=1S/C7H5F3N2O2/c8-7(9,10)14-6-1-4(11)2-12-5(6)3-13/h1-3H,11H2. The van der Waals surface area contributed by atoms with Gasteiger partial charge in [-0.3, -0.25) is 4.79 Å². The van der Waals surface area contributed by atoms with Crippen LogP contribution in [0.15, 0.2) is 12.3 Å². The SMILES string of the molecule is Nc1cnc(C=O)c(OC(F)(F)F)c1. The average molecular weight is 206 g/mol. The third kappa shape index (κ3) is 2.61. The van der Waals surface area contributed by atoms with Gasteiger partial charge < -0.3 is 10.5 Å². The molecule has 2 N–H and O–H groups in total. The molecule has 0 amide bonds. The van der Waals surface area contributed by atoms with E-state index in [4.69, 9.17) is 5.73 Å². The van der Waals surface area contributed by atoms with Crippen molar-refractivity contribution in [2.75, 3.05) is 5.73 Å². The van der Waals surface area contributed by atoms with Crippen molar-refractivity contribution in [2.45, 2.75) is 6.36 Å². The maximum Gasteiger partial charge on any atom is 0.573 e. The van der Waals surface area contributed by atoms with E-state index in [0.717, 1.165) is 12.3 Å². The molecule has 76 valence electrons. The average Bonchev–Trinajstić information content (AvgIpc) is 2.01. The van der Waals surface area contributed by atoms with Crippen molar-refractivity contribution in [1.29, 1.82) is 0 Å². The molecule has 0 aliphatic carbocycles. The molecule has 0 saturated carbocycles. The second kappa shape index (κ2) is 3.52. The zero-order chi connectivity index (χ0) is 10.8. The van der Waals surface area contributed by atoms with Crippen molar-refractivity contribution in [3.63, 3.8) is 0 Å². The minimum absolute atomic E-state index is 0.0187. The van der Waals surface area contributed by atoms with E-state index < -0.39 is 17.8 Å². The summed E-state index contributed by atoms with van der Waals surface area (Å²) in [6.07, 6.45) is -3.65. The Balaban J connectivity index is 3.05. The number of carbonyl (C=O) groups excluding carboxylic acids is 1. The van der Waals surface area contributed by atoms with Crippen molar-refractivity contribution in [1.82, 2.24) is 4.98 Å². The Hall–Kier alpha value is -1.79. The Kier molecular flexibility index (Phi) is 2.59. The number of nitrogens with two attached hydrogens (primary N) is 1. The largest absolute Gasteiger partial charge is 0.573 e. The molecule has 1 rings (SSSR count). The fraction of sp³-hybridized carbons (Fsp3) is 0.143. The fourth-order valence-corrected chi connectivity index (χ4v) is 0.765. The van der Waals surface area contributed by atoms with Crippen LogP contribution in [0.3, 0.4) is 0 Å². The summed E-state index contributed by atoms with van der Waals surface area (Å²) in [5.41, 5.74) is 4.71. The lowest BCUT2D eigenvalue weighted by atomic mass is 10.3. The Bertz CT molecular complexity index is 351. The molecule has 1 aromatic heterocycles. The molecule has 0 unspecified atom stereocenters. The highest BCUT2D eigenvalue weighted by Crippen LogP contribution is 2.25. The van der Waals surface area contributed by atoms with Gasteiger partial charge in [-0.2, -0.15) is 0 Å². The van der Waals surface area contributed by atoms with Crippen LogP contribution in [0.4, 0.5) is 18.9 Å². The van der Waals surface area contributed by atoms with E-state index in [0.29, 0.717) is 0 Å². The van der Waals surface area contributed by atoms with Gasteiger partial charge in [-0.25, -0.2) is 4.98 Å². The second-order valence-electron chi connectivity index (χ2n) is 2.32. The van der Waals surface area contributed by atoms with Gasteiger partial charge in [0.1, 0.15) is 5.69 Å². The van der Waals surface area contributed by atoms with Crippen LogP contribution in [0.25, 0.3) is 0 Å². The first kappa shape index (κ1) is 10.3. The van der Waals surface area contributed by atoms with E-state index >= 15 is 0 Å². The number of rotatable bonds is 2. The lowest BCUT2D eigenvalue weighted by Gasteiger charge is -2.10. The summed E-state index contributed by atoms with van der Waals surface area (Å²) in [7, 11) is 0. The summed E-state index contributed by atoms with van der Waals surface area (Å²) in [5, 5.41) is 0. The van der Waals surface area contributed by atoms with Gasteiger partial charge in [0, 0.05) is 6.07 Å². The van der Waals surface area contributed by atoms with E-state index in [1.807, 2.05) is 0 Å². The van der Waals surface area contributed by atoms with Crippen molar-refractivity contribution in [3.05, 3.63) is 18.0 Å². The van der Waals surface area contributed by atoms with Gasteiger partial charge in [-0.05, 0) is 0 Å². The molecule has 14 heavy (non-hydrogen) atoms. The monoisotopic (exact) mass is 206 g/mol. The number of aromatic nitrogens is 1. The molecule has 0 fully saturated rings. The predicted molar refractivity (Wildman–Crippen MR) is 40.7 cm³/mol. The first-order valence-corrected chi connectivity index (χ1v) is 3.39. The number of halogens is 3. The van der Waals surface area contributed by atoms with Gasteiger partial charge in [0.2, 0.25) is 0 Å². The van der Waals surface area contributed by atoms with Gasteiger partial charge in [0.25, 0.3) is 0 Å². The van der Waals surface area contributed by atoms with Gasteiger partial charge in [0.05, 0.1) is 11.9 Å². The smallest absolute Gasteiger partial charge is 0.403 e. The number of hydrogen-bond acceptors (Lipinski definition) is 4. The lowest BCUT2D eigenvalue weighted by Crippen LogP contribution is -2.18. The zero-order valence-electron chi connectivity index (χ0n) is 6.71. The summed E-state index contributed by atoms with van der Waals surface area (Å²) in [4.78, 5) is 13.6. The number of ether oxygens (including phenoxy) is 1. The molecule has 0 aliphatic rings. The second-order valence-corrected chi connectivity index (χ2v) is 2.32. The zero-order valence-corrected chi connectivity index (χ0v) is 6.71. The van der Waals surface area contributed by atoms with Crippen molar-refractivity contribution in [3.8, 4) is 5.75 Å². The molecule has 0 spiro atoms. The van der Waals surface area contributed by atoms with Gasteiger partial charge in [0.15, 0.2) is 12.0 Å². The first-order valence-electron chi connectivity index (χ1n) is 3.39. The van der Waals surface area contributed by atoms with E-state index in [1.165, 1.54) is 0 Å². The number of alkyl halides is 3. The highest BCUT2D eigenvalue weighted by Gasteiger charge is 2.32. The normalized spacial score (nSPS) is 11.1. The molecule has 4 nitrogen and oxygen atoms in total. The van der Waals surface area contributed by atoms with Gasteiger partial charge in [-0.15, -0.1) is 13.2 Å². The maximum atomic E-state index is 11.8. The fourth-order valence-electron chi connectivity index (χ4n) is 0.765. The summed E-state index contributed by atoms with van der Waals surface area (Å²) < 4.78 is 38.9. The first-order chi connectivity index (χ1) is 6.42. The van der Waals surface area contributed by atoms with Crippen LogP contribution in [-0.4, -0.2) is 17.6 Å². The third-order valence-electron chi connectivity index (χ3n) is 1.24. The van der Waals surface area contributed by atoms with Crippen LogP contribution < -0.4 is 10.5 Å². The number of aldehydes is 1. The molecule has 0 aliphatic heterocycles. The van der Waals surface area contributed by atoms with E-state index in [-0.39, 0.29) is 12.0 Å². The van der Waals surface area contributed by atoms with Crippen LogP contribution in [-0.2, 0) is 0 Å². The molecular formula is C7H5F3N2O2. The quantitative estimate of drug-likeness (QED) is 0.742. The molecule has 0 radical (unpaired) electrons. The summed E-state index contributed by atoms with van der Waals surface area (Å²) in [5.74, 6) is -0.701. The minimum Gasteiger partial charge on any atom is -0.403 e. The summed E-state index contributed by atoms with van der Waals surface area (Å²) >= 11 is 0. The molecule has 0 aromatic carbocycles. The van der Waals surface area contributed by atoms with Crippen molar-refractivity contribution >= 4 is 12.0 Å².